The smallest absolute Gasteiger partial charge is 0.201 e. The van der Waals surface area contributed by atoms with Crippen molar-refractivity contribution in [3.63, 3.8) is 0 Å². The van der Waals surface area contributed by atoms with Crippen LogP contribution in [0, 0.1) is 17.5 Å². The molecule has 0 aliphatic heterocycles. The highest BCUT2D eigenvalue weighted by atomic mass is 35.5. The number of unbranched alkanes of at least 4 members (excludes halogenated alkanes) is 4. The Kier molecular flexibility index (Phi) is 8.97. The van der Waals surface area contributed by atoms with Gasteiger partial charge in [-0.15, -0.1) is 0 Å². The Morgan fingerprint density at radius 2 is 1.18 bits per heavy atom. The number of ether oxygens (including phenoxy) is 2. The fourth-order valence-corrected chi connectivity index (χ4v) is 2.99. The molecule has 154 valence electrons. The van der Waals surface area contributed by atoms with Gasteiger partial charge in [-0.25, -0.2) is 8.78 Å². The second-order valence-corrected chi connectivity index (χ2v) is 6.97. The predicted molar refractivity (Wildman–Crippen MR) is 107 cm³/mol. The fourth-order valence-electron chi connectivity index (χ4n) is 2.77. The van der Waals surface area contributed by atoms with Crippen LogP contribution < -0.4 is 9.47 Å². The van der Waals surface area contributed by atoms with Crippen molar-refractivity contribution in [1.82, 2.24) is 0 Å². The first-order valence-corrected chi connectivity index (χ1v) is 10.1. The lowest BCUT2D eigenvalue weighted by Crippen LogP contribution is -2.03. The zero-order chi connectivity index (χ0) is 20.5. The summed E-state index contributed by atoms with van der Waals surface area (Å²) >= 11 is 6.04. The van der Waals surface area contributed by atoms with Crippen LogP contribution in [0.4, 0.5) is 13.2 Å². The van der Waals surface area contributed by atoms with Gasteiger partial charge in [0.1, 0.15) is 10.8 Å². The number of hydrogen-bond donors (Lipinski definition) is 0. The van der Waals surface area contributed by atoms with E-state index in [1.807, 2.05) is 6.92 Å². The summed E-state index contributed by atoms with van der Waals surface area (Å²) in [6.45, 7) is 4.82. The van der Waals surface area contributed by atoms with Crippen LogP contribution in [0.1, 0.15) is 52.4 Å². The van der Waals surface area contributed by atoms with Crippen molar-refractivity contribution in [2.75, 3.05) is 13.2 Å². The Balaban J connectivity index is 2.20. The van der Waals surface area contributed by atoms with Gasteiger partial charge in [0.15, 0.2) is 17.4 Å². The number of rotatable bonds is 11. The lowest BCUT2D eigenvalue weighted by Gasteiger charge is -2.13. The van der Waals surface area contributed by atoms with Crippen LogP contribution in [0.25, 0.3) is 11.1 Å². The van der Waals surface area contributed by atoms with Crippen molar-refractivity contribution < 1.29 is 22.6 Å². The molecule has 0 atom stereocenters. The largest absolute Gasteiger partial charge is 0.492 e. The highest BCUT2D eigenvalue weighted by Crippen LogP contribution is 2.37. The molecule has 0 heterocycles. The lowest BCUT2D eigenvalue weighted by molar-refractivity contribution is 0.286. The number of hydrogen-bond acceptors (Lipinski definition) is 2. The van der Waals surface area contributed by atoms with E-state index < -0.39 is 17.5 Å². The summed E-state index contributed by atoms with van der Waals surface area (Å²) < 4.78 is 54.3. The topological polar surface area (TPSA) is 18.5 Å². The maximum atomic E-state index is 14.7. The van der Waals surface area contributed by atoms with Crippen LogP contribution in [0.2, 0.25) is 5.02 Å². The molecule has 28 heavy (non-hydrogen) atoms. The van der Waals surface area contributed by atoms with Crippen LogP contribution in [-0.2, 0) is 0 Å². The first kappa shape index (κ1) is 22.4. The Bertz CT molecular complexity index is 715. The SMILES string of the molecule is CCCCCOc1ccc(-c2ccc(OCCCCC)c(Cl)c2F)c(F)c1F. The van der Waals surface area contributed by atoms with E-state index in [0.29, 0.717) is 13.2 Å². The minimum Gasteiger partial charge on any atom is -0.492 e. The Morgan fingerprint density at radius 3 is 1.75 bits per heavy atom. The monoisotopic (exact) mass is 414 g/mol. The van der Waals surface area contributed by atoms with Gasteiger partial charge in [0.2, 0.25) is 5.82 Å². The predicted octanol–water partition coefficient (Wildman–Crippen LogP) is 7.56. The van der Waals surface area contributed by atoms with E-state index in [9.17, 15) is 13.2 Å². The molecule has 0 amide bonds. The van der Waals surface area contributed by atoms with E-state index in [-0.39, 0.29) is 27.6 Å². The third-order valence-electron chi connectivity index (χ3n) is 4.39. The highest BCUT2D eigenvalue weighted by Gasteiger charge is 2.21. The summed E-state index contributed by atoms with van der Waals surface area (Å²) in [4.78, 5) is 0. The van der Waals surface area contributed by atoms with Crippen molar-refractivity contribution in [2.45, 2.75) is 52.4 Å². The van der Waals surface area contributed by atoms with Gasteiger partial charge in [0.25, 0.3) is 0 Å². The van der Waals surface area contributed by atoms with Crippen LogP contribution in [-0.4, -0.2) is 13.2 Å². The quantitative estimate of drug-likeness (QED) is 0.353. The molecule has 0 unspecified atom stereocenters. The fraction of sp³-hybridized carbons (Fsp3) is 0.455. The average molecular weight is 415 g/mol. The van der Waals surface area contributed by atoms with E-state index in [1.54, 1.807) is 0 Å². The Labute approximate surface area is 169 Å². The molecule has 0 aliphatic carbocycles. The first-order chi connectivity index (χ1) is 13.5. The van der Waals surface area contributed by atoms with Crippen LogP contribution in [0.15, 0.2) is 24.3 Å². The summed E-state index contributed by atoms with van der Waals surface area (Å²) in [6, 6.07) is 5.42. The van der Waals surface area contributed by atoms with Gasteiger partial charge in [-0.05, 0) is 37.1 Å². The zero-order valence-corrected chi connectivity index (χ0v) is 17.1. The van der Waals surface area contributed by atoms with Gasteiger partial charge in [0.05, 0.1) is 13.2 Å². The molecule has 6 heteroatoms. The van der Waals surface area contributed by atoms with Crippen molar-refractivity contribution >= 4 is 11.6 Å². The molecule has 0 aromatic heterocycles. The second-order valence-electron chi connectivity index (χ2n) is 6.59. The summed E-state index contributed by atoms with van der Waals surface area (Å²) in [6.07, 6.45) is 5.55. The maximum Gasteiger partial charge on any atom is 0.201 e. The van der Waals surface area contributed by atoms with E-state index in [0.717, 1.165) is 38.5 Å². The van der Waals surface area contributed by atoms with Crippen molar-refractivity contribution in [1.29, 1.82) is 0 Å². The van der Waals surface area contributed by atoms with Gasteiger partial charge >= 0.3 is 0 Å². The normalized spacial score (nSPS) is 10.9. The Morgan fingerprint density at radius 1 is 0.679 bits per heavy atom. The number of halogens is 4. The molecule has 2 nitrogen and oxygen atoms in total. The number of benzene rings is 2. The molecule has 0 spiro atoms. The molecule has 0 saturated carbocycles. The molecular formula is C22H26ClF3O2. The van der Waals surface area contributed by atoms with Gasteiger partial charge in [-0.1, -0.05) is 51.1 Å². The van der Waals surface area contributed by atoms with E-state index in [4.69, 9.17) is 21.1 Å². The second kappa shape index (κ2) is 11.2. The van der Waals surface area contributed by atoms with Gasteiger partial charge < -0.3 is 9.47 Å². The Hall–Kier alpha value is -1.88. The summed E-state index contributed by atoms with van der Waals surface area (Å²) in [7, 11) is 0. The molecule has 0 saturated heterocycles. The zero-order valence-electron chi connectivity index (χ0n) is 16.3. The highest BCUT2D eigenvalue weighted by molar-refractivity contribution is 6.32. The minimum absolute atomic E-state index is 0.125. The molecule has 0 aliphatic rings. The van der Waals surface area contributed by atoms with E-state index in [1.165, 1.54) is 24.3 Å². The van der Waals surface area contributed by atoms with Gasteiger partial charge in [0, 0.05) is 11.1 Å². The maximum absolute atomic E-state index is 14.7. The summed E-state index contributed by atoms with van der Waals surface area (Å²) in [5.74, 6) is -3.14. The van der Waals surface area contributed by atoms with Crippen LogP contribution in [0.5, 0.6) is 11.5 Å². The summed E-state index contributed by atoms with van der Waals surface area (Å²) in [5, 5.41) is -0.242. The lowest BCUT2D eigenvalue weighted by atomic mass is 10.0. The van der Waals surface area contributed by atoms with Gasteiger partial charge in [-0.2, -0.15) is 4.39 Å². The third-order valence-corrected chi connectivity index (χ3v) is 4.75. The molecule has 0 bridgehead atoms. The van der Waals surface area contributed by atoms with Crippen LogP contribution >= 0.6 is 11.6 Å². The standard InChI is InChI=1S/C22H26ClF3O2/c1-3-5-7-13-27-17-11-9-15(20(24)19(17)23)16-10-12-18(22(26)21(16)25)28-14-8-6-4-2/h9-12H,3-8,13-14H2,1-2H3. The van der Waals surface area contributed by atoms with Gasteiger partial charge in [-0.3, -0.25) is 0 Å². The molecule has 2 rings (SSSR count). The minimum atomic E-state index is -1.17. The molecule has 0 N–H and O–H groups in total. The van der Waals surface area contributed by atoms with Crippen molar-refractivity contribution in [3.05, 3.63) is 46.7 Å². The van der Waals surface area contributed by atoms with E-state index in [2.05, 4.69) is 6.92 Å². The van der Waals surface area contributed by atoms with E-state index >= 15 is 0 Å². The average Bonchev–Trinajstić information content (AvgIpc) is 2.69. The molecule has 0 radical (unpaired) electrons. The third kappa shape index (κ3) is 5.57. The first-order valence-electron chi connectivity index (χ1n) is 9.73. The van der Waals surface area contributed by atoms with Crippen LogP contribution in [0.3, 0.4) is 0 Å². The van der Waals surface area contributed by atoms with Crippen molar-refractivity contribution in [2.24, 2.45) is 0 Å². The van der Waals surface area contributed by atoms with Crippen molar-refractivity contribution in [3.8, 4) is 22.6 Å². The molecule has 2 aromatic rings. The molecule has 2 aromatic carbocycles. The summed E-state index contributed by atoms with van der Waals surface area (Å²) in [5.41, 5.74) is -0.338. The molecular weight excluding hydrogens is 389 g/mol. The molecule has 0 fully saturated rings.